The number of halogens is 2. The van der Waals surface area contributed by atoms with Gasteiger partial charge in [-0.15, -0.1) is 0 Å². The number of benzene rings is 3. The quantitative estimate of drug-likeness (QED) is 0.247. The number of methoxy groups -OCH3 is 2. The Labute approximate surface area is 260 Å². The van der Waals surface area contributed by atoms with Crippen molar-refractivity contribution in [2.24, 2.45) is 0 Å². The van der Waals surface area contributed by atoms with E-state index < -0.39 is 20.4 Å². The van der Waals surface area contributed by atoms with E-state index in [-0.39, 0.29) is 14.5 Å². The molecule has 6 heteroatoms. The Bertz CT molecular complexity index is 1690. The first kappa shape index (κ1) is 31.8. The van der Waals surface area contributed by atoms with Gasteiger partial charge in [-0.25, -0.2) is 0 Å². The van der Waals surface area contributed by atoms with Crippen molar-refractivity contribution in [1.82, 2.24) is 0 Å². The van der Waals surface area contributed by atoms with Crippen LogP contribution in [0, 0.1) is 0 Å². The molecule has 0 N–H and O–H groups in total. The summed E-state index contributed by atoms with van der Waals surface area (Å²) >= 11 is -4.66. The summed E-state index contributed by atoms with van der Waals surface area (Å²) in [7, 11) is 19.8. The standard InChI is InChI=1S/C25H31O2.C9H7.C2H6Si.2ClH.Zr/c1-24(2,3)20-14-16(15-21(23(20)27-8)25(4,5)6)17-12-13-22(26-7)19-11-9-10-18(17)19;1-2-5-9-7-3-6-8(9)4-1;1-3-2;;;/h9-15H,1-8H3;1-2,4-6H,7H2;1-2H3;2*1H;/q;;;;;+2/p-2. The van der Waals surface area contributed by atoms with Crippen LogP contribution in [-0.4, -0.2) is 19.7 Å². The van der Waals surface area contributed by atoms with Gasteiger partial charge in [0.25, 0.3) is 0 Å². The van der Waals surface area contributed by atoms with E-state index in [1.807, 2.05) is 0 Å². The molecule has 0 heterocycles. The van der Waals surface area contributed by atoms with Gasteiger partial charge in [-0.1, -0.05) is 0 Å². The van der Waals surface area contributed by atoms with E-state index in [4.69, 9.17) is 26.5 Å². The predicted octanol–water partition coefficient (Wildman–Crippen LogP) is 10.9. The van der Waals surface area contributed by atoms with Crippen molar-refractivity contribution in [1.29, 1.82) is 0 Å². The molecule has 1 unspecified atom stereocenters. The number of fused-ring (bicyclic) bond motifs is 2. The second-order valence-corrected chi connectivity index (χ2v) is 52.3. The molecule has 0 aromatic heterocycles. The summed E-state index contributed by atoms with van der Waals surface area (Å²) in [5.41, 5.74) is 8.37. The fourth-order valence-corrected chi connectivity index (χ4v) is 29.7. The molecular weight excluding hydrogens is 655 g/mol. The monoisotopic (exact) mass is 696 g/mol. The van der Waals surface area contributed by atoms with Crippen LogP contribution >= 0.6 is 17.0 Å². The Morgan fingerprint density at radius 2 is 1.48 bits per heavy atom. The van der Waals surface area contributed by atoms with Crippen molar-refractivity contribution < 1.29 is 24.5 Å². The molecule has 0 aliphatic heterocycles. The summed E-state index contributed by atoms with van der Waals surface area (Å²) in [4.78, 5) is 0. The van der Waals surface area contributed by atoms with Crippen molar-refractivity contribution >= 4 is 34.6 Å². The van der Waals surface area contributed by atoms with E-state index in [1.54, 1.807) is 14.2 Å². The second kappa shape index (κ2) is 10.8. The van der Waals surface area contributed by atoms with Gasteiger partial charge in [0.15, 0.2) is 0 Å². The first-order valence-corrected chi connectivity index (χ1v) is 30.0. The van der Waals surface area contributed by atoms with Crippen molar-refractivity contribution in [2.45, 2.75) is 75.5 Å². The molecule has 5 rings (SSSR count). The molecule has 3 aromatic carbocycles. The molecule has 42 heavy (non-hydrogen) atoms. The van der Waals surface area contributed by atoms with Gasteiger partial charge in [-0.3, -0.25) is 0 Å². The minimum atomic E-state index is -4.66. The van der Waals surface area contributed by atoms with Gasteiger partial charge in [0.2, 0.25) is 0 Å². The van der Waals surface area contributed by atoms with Crippen molar-refractivity contribution in [2.75, 3.05) is 14.2 Å². The first-order chi connectivity index (χ1) is 19.5. The molecule has 0 bridgehead atoms. The van der Waals surface area contributed by atoms with E-state index in [0.717, 1.165) is 23.5 Å². The summed E-state index contributed by atoms with van der Waals surface area (Å²) in [6.07, 6.45) is 7.73. The van der Waals surface area contributed by atoms with E-state index >= 15 is 0 Å². The van der Waals surface area contributed by atoms with Gasteiger partial charge in [-0.05, 0) is 0 Å². The first-order valence-electron chi connectivity index (χ1n) is 14.8. The van der Waals surface area contributed by atoms with Crippen LogP contribution < -0.4 is 9.47 Å². The molecule has 0 radical (unpaired) electrons. The zero-order valence-electron chi connectivity index (χ0n) is 26.7. The van der Waals surface area contributed by atoms with Gasteiger partial charge < -0.3 is 0 Å². The SMILES string of the molecule is COc1ccc(-c2cc(C(C)(C)C)c(OC)c(C(C)(C)C)c2)c2c1[CH]([Zr]([Cl])([Cl])([C]1=Cc3ccccc3C1)=[Si](C)C)C=C2. The zero-order chi connectivity index (χ0) is 30.9. The van der Waals surface area contributed by atoms with Crippen LogP contribution in [0.5, 0.6) is 11.5 Å². The Morgan fingerprint density at radius 1 is 0.857 bits per heavy atom. The average Bonchev–Trinajstić information content (AvgIpc) is 3.57. The van der Waals surface area contributed by atoms with E-state index in [1.165, 1.54) is 42.2 Å². The second-order valence-electron chi connectivity index (χ2n) is 14.2. The molecule has 222 valence electrons. The van der Waals surface area contributed by atoms with Gasteiger partial charge in [0.1, 0.15) is 0 Å². The molecule has 1 atom stereocenters. The van der Waals surface area contributed by atoms with Crippen LogP contribution in [0.4, 0.5) is 0 Å². The van der Waals surface area contributed by atoms with Gasteiger partial charge >= 0.3 is 263 Å². The fraction of sp³-hybridized carbons (Fsp3) is 0.389. The molecule has 0 saturated carbocycles. The summed E-state index contributed by atoms with van der Waals surface area (Å²) < 4.78 is 13.4. The van der Waals surface area contributed by atoms with Crippen LogP contribution in [0.15, 0.2) is 57.9 Å². The summed E-state index contributed by atoms with van der Waals surface area (Å²) in [6, 6.07) is 17.5. The van der Waals surface area contributed by atoms with Crippen LogP contribution in [0.3, 0.4) is 0 Å². The normalized spacial score (nSPS) is 16.7. The van der Waals surface area contributed by atoms with Gasteiger partial charge in [0, 0.05) is 0 Å². The molecule has 0 spiro atoms. The Hall–Kier alpha value is -1.58. The molecule has 2 aliphatic rings. The number of rotatable bonds is 5. The van der Waals surface area contributed by atoms with E-state index in [2.05, 4.69) is 121 Å². The minimum absolute atomic E-state index is 0.0495. The third-order valence-corrected chi connectivity index (χ3v) is 55.0. The molecular formula is C36H44Cl2O2SiZr. The number of hydrogen-bond acceptors (Lipinski definition) is 2. The maximum atomic E-state index is 8.13. The summed E-state index contributed by atoms with van der Waals surface area (Å²) in [5, 5.41) is 0. The number of hydrogen-bond donors (Lipinski definition) is 0. The maximum absolute atomic E-state index is 8.13. The van der Waals surface area contributed by atoms with Crippen molar-refractivity contribution in [3.63, 3.8) is 0 Å². The molecule has 2 nitrogen and oxygen atoms in total. The molecule has 0 saturated heterocycles. The third-order valence-electron chi connectivity index (χ3n) is 9.27. The van der Waals surface area contributed by atoms with E-state index in [9.17, 15) is 0 Å². The zero-order valence-corrected chi connectivity index (χ0v) is 31.7. The predicted molar refractivity (Wildman–Crippen MR) is 181 cm³/mol. The number of ether oxygens (including phenoxy) is 2. The molecule has 0 fully saturated rings. The number of allylic oxidation sites excluding steroid dienone is 2. The van der Waals surface area contributed by atoms with Crippen LogP contribution in [0.2, 0.25) is 13.1 Å². The summed E-state index contributed by atoms with van der Waals surface area (Å²) in [6.45, 7) is 18.1. The molecule has 0 amide bonds. The third kappa shape index (κ3) is 5.03. The Morgan fingerprint density at radius 3 is 2.00 bits per heavy atom. The average molecular weight is 699 g/mol. The van der Waals surface area contributed by atoms with Crippen molar-refractivity contribution in [3.8, 4) is 22.6 Å². The topological polar surface area (TPSA) is 18.5 Å². The van der Waals surface area contributed by atoms with Crippen molar-refractivity contribution in [3.05, 3.63) is 91.3 Å². The van der Waals surface area contributed by atoms with Crippen LogP contribution in [-0.2, 0) is 32.3 Å². The van der Waals surface area contributed by atoms with Gasteiger partial charge in [-0.2, -0.15) is 0 Å². The summed E-state index contributed by atoms with van der Waals surface area (Å²) in [5.74, 6) is 1.84. The van der Waals surface area contributed by atoms with Crippen LogP contribution in [0.25, 0.3) is 23.3 Å². The Kier molecular flexibility index (Phi) is 8.18. The van der Waals surface area contributed by atoms with Crippen LogP contribution in [0.1, 0.15) is 78.5 Å². The molecule has 2 aliphatic carbocycles. The Balaban J connectivity index is 1.77. The van der Waals surface area contributed by atoms with Gasteiger partial charge in [0.05, 0.1) is 0 Å². The van der Waals surface area contributed by atoms with E-state index in [0.29, 0.717) is 0 Å². The molecule has 3 aromatic rings. The fourth-order valence-electron chi connectivity index (χ4n) is 6.78.